The molecule has 2 rings (SSSR count). The zero-order valence-electron chi connectivity index (χ0n) is 9.64. The second-order valence-corrected chi connectivity index (χ2v) is 5.88. The summed E-state index contributed by atoms with van der Waals surface area (Å²) < 4.78 is 13.7. The van der Waals surface area contributed by atoms with Crippen LogP contribution in [0.1, 0.15) is 16.5 Å². The van der Waals surface area contributed by atoms with Crippen LogP contribution in [0.2, 0.25) is 15.1 Å². The summed E-state index contributed by atoms with van der Waals surface area (Å²) >= 11 is 24.1. The van der Waals surface area contributed by atoms with E-state index in [1.54, 1.807) is 30.3 Å². The van der Waals surface area contributed by atoms with Gasteiger partial charge in [-0.05, 0) is 42.3 Å². The van der Waals surface area contributed by atoms with Crippen molar-refractivity contribution in [2.45, 2.75) is 11.8 Å². The SMILES string of the molecule is Fc1cccc(Cl)c1CC(Cl)c1cc(Cl)cc(Cl)c1. The highest BCUT2D eigenvalue weighted by Crippen LogP contribution is 2.32. The molecule has 0 saturated carbocycles. The maximum Gasteiger partial charge on any atom is 0.127 e. The van der Waals surface area contributed by atoms with Crippen LogP contribution in [0.4, 0.5) is 4.39 Å². The molecular weight excluding hydrogens is 329 g/mol. The van der Waals surface area contributed by atoms with Gasteiger partial charge in [0, 0.05) is 20.6 Å². The molecule has 0 bridgehead atoms. The molecule has 0 nitrogen and oxygen atoms in total. The fourth-order valence-electron chi connectivity index (χ4n) is 1.78. The summed E-state index contributed by atoms with van der Waals surface area (Å²) in [6, 6.07) is 9.58. The Balaban J connectivity index is 2.28. The van der Waals surface area contributed by atoms with Gasteiger partial charge in [0.25, 0.3) is 0 Å². The van der Waals surface area contributed by atoms with E-state index in [1.807, 2.05) is 0 Å². The maximum absolute atomic E-state index is 13.7. The van der Waals surface area contributed by atoms with E-state index in [-0.39, 0.29) is 12.2 Å². The zero-order chi connectivity index (χ0) is 14.0. The van der Waals surface area contributed by atoms with Gasteiger partial charge >= 0.3 is 0 Å². The first-order valence-corrected chi connectivity index (χ1v) is 7.07. The Morgan fingerprint density at radius 3 is 2.21 bits per heavy atom. The molecule has 0 aliphatic carbocycles. The summed E-state index contributed by atoms with van der Waals surface area (Å²) in [6.45, 7) is 0. The van der Waals surface area contributed by atoms with Crippen molar-refractivity contribution in [3.05, 3.63) is 68.4 Å². The predicted molar refractivity (Wildman–Crippen MR) is 80.2 cm³/mol. The van der Waals surface area contributed by atoms with Crippen molar-refractivity contribution in [3.63, 3.8) is 0 Å². The molecule has 5 heteroatoms. The molecule has 2 aromatic carbocycles. The minimum absolute atomic E-state index is 0.268. The Morgan fingerprint density at radius 2 is 1.63 bits per heavy atom. The van der Waals surface area contributed by atoms with Crippen LogP contribution < -0.4 is 0 Å². The fraction of sp³-hybridized carbons (Fsp3) is 0.143. The Bertz CT molecular complexity index is 557. The third-order valence-electron chi connectivity index (χ3n) is 2.69. The van der Waals surface area contributed by atoms with Gasteiger partial charge in [-0.25, -0.2) is 4.39 Å². The van der Waals surface area contributed by atoms with Crippen LogP contribution in [0.3, 0.4) is 0 Å². The molecule has 1 atom stereocenters. The highest BCUT2D eigenvalue weighted by Gasteiger charge is 2.15. The summed E-state index contributed by atoms with van der Waals surface area (Å²) in [5.41, 5.74) is 1.12. The van der Waals surface area contributed by atoms with E-state index in [0.29, 0.717) is 20.6 Å². The molecule has 0 N–H and O–H groups in total. The lowest BCUT2D eigenvalue weighted by Gasteiger charge is -2.13. The van der Waals surface area contributed by atoms with Crippen molar-refractivity contribution in [2.75, 3.05) is 0 Å². The lowest BCUT2D eigenvalue weighted by molar-refractivity contribution is 0.607. The molecular formula is C14H9Cl4F. The summed E-state index contributed by atoms with van der Waals surface area (Å²) in [6.07, 6.45) is 0.268. The van der Waals surface area contributed by atoms with Crippen LogP contribution >= 0.6 is 46.4 Å². The van der Waals surface area contributed by atoms with E-state index >= 15 is 0 Å². The maximum atomic E-state index is 13.7. The van der Waals surface area contributed by atoms with Crippen molar-refractivity contribution in [1.82, 2.24) is 0 Å². The first-order chi connectivity index (χ1) is 8.97. The van der Waals surface area contributed by atoms with Crippen molar-refractivity contribution in [1.29, 1.82) is 0 Å². The molecule has 0 spiro atoms. The van der Waals surface area contributed by atoms with Crippen molar-refractivity contribution < 1.29 is 4.39 Å². The van der Waals surface area contributed by atoms with Gasteiger partial charge in [0.2, 0.25) is 0 Å². The molecule has 1 unspecified atom stereocenters. The highest BCUT2D eigenvalue weighted by atomic mass is 35.5. The van der Waals surface area contributed by atoms with Crippen LogP contribution in [-0.2, 0) is 6.42 Å². The van der Waals surface area contributed by atoms with E-state index in [4.69, 9.17) is 46.4 Å². The molecule has 19 heavy (non-hydrogen) atoms. The minimum Gasteiger partial charge on any atom is -0.207 e. The summed E-state index contributed by atoms with van der Waals surface area (Å²) in [5.74, 6) is -0.369. The normalized spacial score (nSPS) is 12.5. The summed E-state index contributed by atoms with van der Waals surface area (Å²) in [5, 5.41) is 0.893. The smallest absolute Gasteiger partial charge is 0.127 e. The van der Waals surface area contributed by atoms with Gasteiger partial charge in [0.15, 0.2) is 0 Å². The van der Waals surface area contributed by atoms with E-state index in [0.717, 1.165) is 5.56 Å². The molecule has 0 aromatic heterocycles. The Morgan fingerprint density at radius 1 is 1.00 bits per heavy atom. The van der Waals surface area contributed by atoms with Gasteiger partial charge in [0.05, 0.1) is 5.38 Å². The van der Waals surface area contributed by atoms with Gasteiger partial charge in [-0.3, -0.25) is 0 Å². The molecule has 0 fully saturated rings. The monoisotopic (exact) mass is 336 g/mol. The first kappa shape index (κ1) is 14.9. The van der Waals surface area contributed by atoms with Gasteiger partial charge in [-0.1, -0.05) is 40.9 Å². The Kier molecular flexibility index (Phi) is 4.97. The average Bonchev–Trinajstić information content (AvgIpc) is 2.32. The fourth-order valence-corrected chi connectivity index (χ4v) is 2.84. The van der Waals surface area contributed by atoms with E-state index < -0.39 is 5.38 Å². The quantitative estimate of drug-likeness (QED) is 0.576. The number of hydrogen-bond acceptors (Lipinski definition) is 0. The van der Waals surface area contributed by atoms with Crippen LogP contribution in [-0.4, -0.2) is 0 Å². The molecule has 0 radical (unpaired) electrons. The predicted octanol–water partition coefficient (Wildman–Crippen LogP) is 6.31. The van der Waals surface area contributed by atoms with Crippen molar-refractivity contribution >= 4 is 46.4 Å². The topological polar surface area (TPSA) is 0 Å². The molecule has 0 saturated heterocycles. The van der Waals surface area contributed by atoms with E-state index in [1.165, 1.54) is 6.07 Å². The van der Waals surface area contributed by atoms with Gasteiger partial charge in [-0.15, -0.1) is 11.6 Å². The van der Waals surface area contributed by atoms with Crippen LogP contribution in [0.25, 0.3) is 0 Å². The van der Waals surface area contributed by atoms with E-state index in [2.05, 4.69) is 0 Å². The second-order valence-electron chi connectivity index (χ2n) is 4.07. The standard InChI is InChI=1S/C14H9Cl4F/c15-9-4-8(5-10(16)6-9)13(18)7-11-12(17)2-1-3-14(11)19/h1-6,13H,7H2. The molecule has 100 valence electrons. The van der Waals surface area contributed by atoms with Crippen molar-refractivity contribution in [2.24, 2.45) is 0 Å². The number of benzene rings is 2. The molecule has 0 amide bonds. The first-order valence-electron chi connectivity index (χ1n) is 5.50. The summed E-state index contributed by atoms with van der Waals surface area (Å²) in [7, 11) is 0. The number of alkyl halides is 1. The number of halogens is 5. The van der Waals surface area contributed by atoms with E-state index in [9.17, 15) is 4.39 Å². The van der Waals surface area contributed by atoms with Crippen LogP contribution in [0.15, 0.2) is 36.4 Å². The van der Waals surface area contributed by atoms with Crippen molar-refractivity contribution in [3.8, 4) is 0 Å². The van der Waals surface area contributed by atoms with Crippen LogP contribution in [0.5, 0.6) is 0 Å². The molecule has 0 aliphatic rings. The van der Waals surface area contributed by atoms with Gasteiger partial charge in [-0.2, -0.15) is 0 Å². The Labute approximate surface area is 131 Å². The number of rotatable bonds is 3. The average molecular weight is 338 g/mol. The van der Waals surface area contributed by atoms with Gasteiger partial charge in [0.1, 0.15) is 5.82 Å². The number of hydrogen-bond donors (Lipinski definition) is 0. The van der Waals surface area contributed by atoms with Crippen LogP contribution in [0, 0.1) is 5.82 Å². The molecule has 0 heterocycles. The highest BCUT2D eigenvalue weighted by molar-refractivity contribution is 6.35. The van der Waals surface area contributed by atoms with Gasteiger partial charge < -0.3 is 0 Å². The Hall–Kier alpha value is -0.470. The molecule has 0 aliphatic heterocycles. The minimum atomic E-state index is -0.453. The third-order valence-corrected chi connectivity index (χ3v) is 3.89. The lowest BCUT2D eigenvalue weighted by atomic mass is 10.0. The largest absolute Gasteiger partial charge is 0.207 e. The lowest BCUT2D eigenvalue weighted by Crippen LogP contribution is -1.99. The summed E-state index contributed by atoms with van der Waals surface area (Å²) in [4.78, 5) is 0. The third kappa shape index (κ3) is 3.76. The molecule has 2 aromatic rings. The zero-order valence-corrected chi connectivity index (χ0v) is 12.7. The second kappa shape index (κ2) is 6.32.